The summed E-state index contributed by atoms with van der Waals surface area (Å²) in [5.74, 6) is 1.89. The van der Waals surface area contributed by atoms with Crippen molar-refractivity contribution < 1.29 is 4.74 Å². The van der Waals surface area contributed by atoms with Crippen molar-refractivity contribution in [3.8, 4) is 0 Å². The lowest BCUT2D eigenvalue weighted by molar-refractivity contribution is 0.128. The summed E-state index contributed by atoms with van der Waals surface area (Å²) in [5, 5.41) is 6.42. The molecular weight excluding hydrogens is 268 g/mol. The monoisotopic (exact) mass is 296 g/mol. The van der Waals surface area contributed by atoms with Gasteiger partial charge in [0.25, 0.3) is 0 Å². The number of nitrogens with zero attached hydrogens (tertiary/aromatic N) is 4. The third-order valence-electron chi connectivity index (χ3n) is 3.15. The van der Waals surface area contributed by atoms with Crippen LogP contribution >= 0.6 is 0 Å². The summed E-state index contributed by atoms with van der Waals surface area (Å²) in [5.41, 5.74) is 0. The summed E-state index contributed by atoms with van der Waals surface area (Å²) in [4.78, 5) is 15.5. The number of anilines is 3. The molecule has 7 heteroatoms. The molecule has 0 saturated heterocycles. The Morgan fingerprint density at radius 2 is 1.67 bits per heavy atom. The van der Waals surface area contributed by atoms with Crippen LogP contribution in [0, 0.1) is 0 Å². The van der Waals surface area contributed by atoms with Gasteiger partial charge in [0, 0.05) is 33.3 Å². The van der Waals surface area contributed by atoms with Crippen LogP contribution < -0.4 is 15.5 Å². The molecule has 2 N–H and O–H groups in total. The van der Waals surface area contributed by atoms with Gasteiger partial charge in [-0.25, -0.2) is 0 Å². The molecule has 0 amide bonds. The van der Waals surface area contributed by atoms with Crippen molar-refractivity contribution in [3.05, 3.63) is 0 Å². The molecule has 1 aromatic heterocycles. The summed E-state index contributed by atoms with van der Waals surface area (Å²) in [6.45, 7) is 11.5. The highest BCUT2D eigenvalue weighted by atomic mass is 16.5. The molecule has 0 radical (unpaired) electrons. The third kappa shape index (κ3) is 5.71. The van der Waals surface area contributed by atoms with Crippen molar-refractivity contribution in [2.45, 2.75) is 40.2 Å². The van der Waals surface area contributed by atoms with Crippen LogP contribution in [0.1, 0.15) is 34.1 Å². The van der Waals surface area contributed by atoms with E-state index in [0.29, 0.717) is 24.4 Å². The zero-order valence-corrected chi connectivity index (χ0v) is 13.8. The van der Waals surface area contributed by atoms with Gasteiger partial charge in [-0.1, -0.05) is 6.92 Å². The highest BCUT2D eigenvalue weighted by Gasteiger charge is 2.11. The molecule has 7 nitrogen and oxygen atoms in total. The Bertz CT molecular complexity index is 410. The van der Waals surface area contributed by atoms with E-state index in [9.17, 15) is 0 Å². The number of hydrogen-bond acceptors (Lipinski definition) is 7. The van der Waals surface area contributed by atoms with Crippen molar-refractivity contribution in [1.29, 1.82) is 0 Å². The maximum atomic E-state index is 5.23. The predicted octanol–water partition coefficient (Wildman–Crippen LogP) is 1.99. The van der Waals surface area contributed by atoms with Gasteiger partial charge in [0.1, 0.15) is 0 Å². The normalized spacial score (nSPS) is 12.0. The molecule has 21 heavy (non-hydrogen) atoms. The molecule has 1 aromatic rings. The van der Waals surface area contributed by atoms with Crippen molar-refractivity contribution in [1.82, 2.24) is 15.0 Å². The van der Waals surface area contributed by atoms with Crippen molar-refractivity contribution in [3.63, 3.8) is 0 Å². The fourth-order valence-electron chi connectivity index (χ4n) is 1.73. The van der Waals surface area contributed by atoms with Crippen molar-refractivity contribution >= 4 is 17.8 Å². The molecule has 0 aliphatic rings. The minimum absolute atomic E-state index is 0.103. The molecule has 0 spiro atoms. The van der Waals surface area contributed by atoms with Crippen LogP contribution in [-0.4, -0.2) is 54.3 Å². The lowest BCUT2D eigenvalue weighted by Gasteiger charge is -2.20. The predicted molar refractivity (Wildman–Crippen MR) is 87.1 cm³/mol. The van der Waals surface area contributed by atoms with E-state index >= 15 is 0 Å². The highest BCUT2D eigenvalue weighted by molar-refractivity contribution is 5.43. The Kier molecular flexibility index (Phi) is 7.74. The smallest absolute Gasteiger partial charge is 0.231 e. The summed E-state index contributed by atoms with van der Waals surface area (Å²) >= 11 is 0. The number of nitrogens with one attached hydrogen (secondary N) is 2. The highest BCUT2D eigenvalue weighted by Crippen LogP contribution is 2.13. The first-order valence-corrected chi connectivity index (χ1v) is 7.66. The first-order chi connectivity index (χ1) is 10.1. The largest absolute Gasteiger partial charge is 0.380 e. The van der Waals surface area contributed by atoms with Gasteiger partial charge in [-0.15, -0.1) is 0 Å². The SMILES string of the molecule is CCCNc1nc(NCC(C)OC)nc(N(CC)CC)n1. The zero-order chi connectivity index (χ0) is 15.7. The topological polar surface area (TPSA) is 75.2 Å². The van der Waals surface area contributed by atoms with E-state index < -0.39 is 0 Å². The number of rotatable bonds is 10. The van der Waals surface area contributed by atoms with E-state index in [2.05, 4.69) is 51.3 Å². The number of aromatic nitrogens is 3. The zero-order valence-electron chi connectivity index (χ0n) is 13.8. The molecule has 120 valence electrons. The quantitative estimate of drug-likeness (QED) is 0.684. The van der Waals surface area contributed by atoms with Gasteiger partial charge in [-0.2, -0.15) is 15.0 Å². The van der Waals surface area contributed by atoms with Crippen LogP contribution in [0.2, 0.25) is 0 Å². The number of hydrogen-bond donors (Lipinski definition) is 2. The lowest BCUT2D eigenvalue weighted by atomic mass is 10.4. The molecule has 0 aliphatic carbocycles. The molecule has 1 rings (SSSR count). The standard InChI is InChI=1S/C14H28N6O/c1-6-9-15-12-17-13(16-10-11(4)21-5)19-14(18-12)20(7-2)8-3/h11H,6-10H2,1-5H3,(H2,15,16,17,18,19). The number of ether oxygens (including phenoxy) is 1. The van der Waals surface area contributed by atoms with Gasteiger partial charge in [-0.3, -0.25) is 0 Å². The molecule has 0 saturated carbocycles. The summed E-state index contributed by atoms with van der Waals surface area (Å²) < 4.78 is 5.23. The molecule has 1 heterocycles. The minimum Gasteiger partial charge on any atom is -0.380 e. The van der Waals surface area contributed by atoms with E-state index in [-0.39, 0.29) is 6.10 Å². The molecule has 0 aliphatic heterocycles. The Morgan fingerprint density at radius 3 is 2.19 bits per heavy atom. The van der Waals surface area contributed by atoms with Gasteiger partial charge < -0.3 is 20.3 Å². The van der Waals surface area contributed by atoms with Crippen LogP contribution in [-0.2, 0) is 4.74 Å². The second-order valence-corrected chi connectivity index (χ2v) is 4.81. The van der Waals surface area contributed by atoms with Crippen LogP contribution in [0.3, 0.4) is 0 Å². The second kappa shape index (κ2) is 9.33. The Morgan fingerprint density at radius 1 is 1.05 bits per heavy atom. The molecule has 1 atom stereocenters. The van der Waals surface area contributed by atoms with Gasteiger partial charge in [0.05, 0.1) is 6.10 Å². The molecule has 0 bridgehead atoms. The first kappa shape index (κ1) is 17.4. The maximum absolute atomic E-state index is 5.23. The van der Waals surface area contributed by atoms with Gasteiger partial charge in [0.15, 0.2) is 0 Å². The van der Waals surface area contributed by atoms with E-state index in [1.165, 1.54) is 0 Å². The molecule has 0 aromatic carbocycles. The number of methoxy groups -OCH3 is 1. The Hall–Kier alpha value is -1.63. The Balaban J connectivity index is 2.91. The van der Waals surface area contributed by atoms with Gasteiger partial charge in [-0.05, 0) is 27.2 Å². The van der Waals surface area contributed by atoms with E-state index in [1.807, 2.05) is 6.92 Å². The van der Waals surface area contributed by atoms with Crippen LogP contribution in [0.5, 0.6) is 0 Å². The lowest BCUT2D eigenvalue weighted by Crippen LogP contribution is -2.26. The maximum Gasteiger partial charge on any atom is 0.231 e. The van der Waals surface area contributed by atoms with E-state index in [1.54, 1.807) is 7.11 Å². The molecular formula is C14H28N6O. The second-order valence-electron chi connectivity index (χ2n) is 4.81. The van der Waals surface area contributed by atoms with E-state index in [0.717, 1.165) is 26.1 Å². The summed E-state index contributed by atoms with van der Waals surface area (Å²) in [6.07, 6.45) is 1.13. The summed E-state index contributed by atoms with van der Waals surface area (Å²) in [7, 11) is 1.69. The average molecular weight is 296 g/mol. The van der Waals surface area contributed by atoms with Gasteiger partial charge in [0.2, 0.25) is 17.8 Å². The van der Waals surface area contributed by atoms with Crippen molar-refractivity contribution in [2.24, 2.45) is 0 Å². The van der Waals surface area contributed by atoms with Crippen LogP contribution in [0.25, 0.3) is 0 Å². The Labute approximate surface area is 127 Å². The molecule has 1 unspecified atom stereocenters. The van der Waals surface area contributed by atoms with Crippen molar-refractivity contribution in [2.75, 3.05) is 48.8 Å². The summed E-state index contributed by atoms with van der Waals surface area (Å²) in [6, 6.07) is 0. The fourth-order valence-corrected chi connectivity index (χ4v) is 1.73. The van der Waals surface area contributed by atoms with Gasteiger partial charge >= 0.3 is 0 Å². The molecule has 0 fully saturated rings. The van der Waals surface area contributed by atoms with Crippen LogP contribution in [0.4, 0.5) is 17.8 Å². The first-order valence-electron chi connectivity index (χ1n) is 7.66. The average Bonchev–Trinajstić information content (AvgIpc) is 2.51. The minimum atomic E-state index is 0.103. The van der Waals surface area contributed by atoms with Crippen LogP contribution in [0.15, 0.2) is 0 Å². The van der Waals surface area contributed by atoms with E-state index in [4.69, 9.17) is 4.74 Å². The third-order valence-corrected chi connectivity index (χ3v) is 3.15. The fraction of sp³-hybridized carbons (Fsp3) is 0.786.